The number of amides is 1. The van der Waals surface area contributed by atoms with Gasteiger partial charge in [-0.1, -0.05) is 19.9 Å². The monoisotopic (exact) mass is 315 g/mol. The van der Waals surface area contributed by atoms with Crippen LogP contribution in [0.3, 0.4) is 0 Å². The molecule has 0 fully saturated rings. The van der Waals surface area contributed by atoms with Crippen LogP contribution in [0.4, 0.5) is 0 Å². The molecule has 0 aliphatic rings. The van der Waals surface area contributed by atoms with Gasteiger partial charge in [-0.05, 0) is 50.3 Å². The largest absolute Gasteiger partial charge is 0.451 e. The van der Waals surface area contributed by atoms with Crippen molar-refractivity contribution < 1.29 is 14.0 Å². The summed E-state index contributed by atoms with van der Waals surface area (Å²) < 4.78 is 5.72. The van der Waals surface area contributed by atoms with Gasteiger partial charge in [-0.3, -0.25) is 4.79 Å². The number of furan rings is 1. The highest BCUT2D eigenvalue weighted by molar-refractivity contribution is 5.99. The molecule has 0 radical (unpaired) electrons. The van der Waals surface area contributed by atoms with E-state index < -0.39 is 0 Å². The van der Waals surface area contributed by atoms with Crippen LogP contribution in [0.5, 0.6) is 0 Å². The third kappa shape index (κ3) is 4.44. The predicted octanol–water partition coefficient (Wildman–Crippen LogP) is 4.04. The number of carbonyl (C=O) groups excluding carboxylic acids is 2. The number of hydrogen-bond donors (Lipinski definition) is 1. The number of ketones is 1. The number of fused-ring (bicyclic) bond motifs is 1. The van der Waals surface area contributed by atoms with Gasteiger partial charge in [0.25, 0.3) is 5.91 Å². The normalized spacial score (nSPS) is 11.2. The Morgan fingerprint density at radius 2 is 2.00 bits per heavy atom. The maximum absolute atomic E-state index is 12.3. The molecule has 0 saturated carbocycles. The summed E-state index contributed by atoms with van der Waals surface area (Å²) in [6, 6.07) is 5.85. The average molecular weight is 315 g/mol. The number of aryl methyl sites for hydroxylation is 2. The molecular formula is C19H25NO3. The zero-order valence-electron chi connectivity index (χ0n) is 14.4. The van der Waals surface area contributed by atoms with Gasteiger partial charge < -0.3 is 14.5 Å². The van der Waals surface area contributed by atoms with Gasteiger partial charge in [-0.2, -0.15) is 0 Å². The van der Waals surface area contributed by atoms with Gasteiger partial charge in [0.2, 0.25) is 0 Å². The lowest BCUT2D eigenvalue weighted by molar-refractivity contribution is -0.116. The number of Topliss-reactive ketones (excluding diaryl/α,β-unsaturated/α-hetero) is 1. The molecule has 2 rings (SSSR count). The Balaban J connectivity index is 2.17. The highest BCUT2D eigenvalue weighted by atomic mass is 16.3. The molecule has 4 heteroatoms. The summed E-state index contributed by atoms with van der Waals surface area (Å²) in [5.41, 5.74) is 2.65. The quantitative estimate of drug-likeness (QED) is 0.839. The Labute approximate surface area is 137 Å². The molecule has 0 unspecified atom stereocenters. The zero-order valence-corrected chi connectivity index (χ0v) is 14.4. The van der Waals surface area contributed by atoms with Gasteiger partial charge in [0.05, 0.1) is 0 Å². The fraction of sp³-hybridized carbons (Fsp3) is 0.474. The van der Waals surface area contributed by atoms with Crippen molar-refractivity contribution in [2.45, 2.75) is 47.0 Å². The summed E-state index contributed by atoms with van der Waals surface area (Å²) in [5, 5.41) is 3.85. The minimum Gasteiger partial charge on any atom is -0.451 e. The Bertz CT molecular complexity index is 713. The van der Waals surface area contributed by atoms with Crippen molar-refractivity contribution in [1.82, 2.24) is 5.32 Å². The van der Waals surface area contributed by atoms with Gasteiger partial charge >= 0.3 is 0 Å². The molecule has 0 saturated heterocycles. The van der Waals surface area contributed by atoms with Gasteiger partial charge in [-0.15, -0.1) is 0 Å². The fourth-order valence-electron chi connectivity index (χ4n) is 2.52. The minimum absolute atomic E-state index is 0.162. The van der Waals surface area contributed by atoms with Crippen LogP contribution >= 0.6 is 0 Å². The van der Waals surface area contributed by atoms with Gasteiger partial charge in [0.15, 0.2) is 5.76 Å². The molecule has 0 aliphatic heterocycles. The second kappa shape index (κ2) is 7.44. The summed E-state index contributed by atoms with van der Waals surface area (Å²) >= 11 is 0. The Morgan fingerprint density at radius 1 is 1.26 bits per heavy atom. The van der Waals surface area contributed by atoms with Crippen molar-refractivity contribution in [2.75, 3.05) is 6.54 Å². The number of rotatable bonds is 7. The molecule has 0 bridgehead atoms. The summed E-state index contributed by atoms with van der Waals surface area (Å²) in [6.45, 7) is 8.40. The molecule has 0 atom stereocenters. The van der Waals surface area contributed by atoms with E-state index >= 15 is 0 Å². The number of carbonyl (C=O) groups is 2. The third-order valence-electron chi connectivity index (χ3n) is 3.98. The fourth-order valence-corrected chi connectivity index (χ4v) is 2.52. The molecule has 4 nitrogen and oxygen atoms in total. The van der Waals surface area contributed by atoms with E-state index in [1.807, 2.05) is 25.1 Å². The summed E-state index contributed by atoms with van der Waals surface area (Å²) in [7, 11) is 0. The first-order valence-electron chi connectivity index (χ1n) is 8.18. The van der Waals surface area contributed by atoms with E-state index in [0.29, 0.717) is 36.6 Å². The molecule has 23 heavy (non-hydrogen) atoms. The van der Waals surface area contributed by atoms with Crippen molar-refractivity contribution in [3.8, 4) is 0 Å². The number of nitrogens with one attached hydrogen (secondary N) is 1. The highest BCUT2D eigenvalue weighted by Gasteiger charge is 2.17. The van der Waals surface area contributed by atoms with Crippen LogP contribution in [0.2, 0.25) is 0 Å². The predicted molar refractivity (Wildman–Crippen MR) is 91.7 cm³/mol. The van der Waals surface area contributed by atoms with E-state index in [0.717, 1.165) is 22.9 Å². The van der Waals surface area contributed by atoms with E-state index in [1.54, 1.807) is 6.92 Å². The van der Waals surface area contributed by atoms with Gasteiger partial charge in [0, 0.05) is 23.9 Å². The molecule has 0 spiro atoms. The molecule has 124 valence electrons. The summed E-state index contributed by atoms with van der Waals surface area (Å²) in [6.07, 6.45) is 2.19. The molecule has 1 heterocycles. The second-order valence-corrected chi connectivity index (χ2v) is 6.53. The van der Waals surface area contributed by atoms with Crippen LogP contribution in [0.15, 0.2) is 22.6 Å². The van der Waals surface area contributed by atoms with E-state index in [2.05, 4.69) is 19.2 Å². The summed E-state index contributed by atoms with van der Waals surface area (Å²) in [4.78, 5) is 23.4. The lowest BCUT2D eigenvalue weighted by Gasteiger charge is -2.05. The lowest BCUT2D eigenvalue weighted by Crippen LogP contribution is -2.25. The number of hydrogen-bond acceptors (Lipinski definition) is 3. The van der Waals surface area contributed by atoms with Crippen molar-refractivity contribution in [3.05, 3.63) is 35.1 Å². The Hall–Kier alpha value is -2.10. The van der Waals surface area contributed by atoms with E-state index in [9.17, 15) is 9.59 Å². The number of benzene rings is 1. The van der Waals surface area contributed by atoms with Gasteiger partial charge in [0.1, 0.15) is 11.4 Å². The molecule has 1 N–H and O–H groups in total. The Morgan fingerprint density at radius 3 is 2.65 bits per heavy atom. The molecule has 1 aromatic heterocycles. The molecule has 2 aromatic rings. The van der Waals surface area contributed by atoms with E-state index in [1.165, 1.54) is 0 Å². The first-order valence-corrected chi connectivity index (χ1v) is 8.18. The molecular weight excluding hydrogens is 290 g/mol. The SMILES string of the molecule is CC(=O)CCc1ccc2oc(C(=O)NCCC(C)C)c(C)c2c1. The maximum atomic E-state index is 12.3. The van der Waals surface area contributed by atoms with Crippen LogP contribution in [-0.2, 0) is 11.2 Å². The maximum Gasteiger partial charge on any atom is 0.287 e. The standard InChI is InChI=1S/C19H25NO3/c1-12(2)9-10-20-19(22)18-14(4)16-11-15(6-5-13(3)21)7-8-17(16)23-18/h7-8,11-12H,5-6,9-10H2,1-4H3,(H,20,22). The van der Waals surface area contributed by atoms with Crippen LogP contribution in [0.25, 0.3) is 11.0 Å². The van der Waals surface area contributed by atoms with Crippen molar-refractivity contribution in [1.29, 1.82) is 0 Å². The molecule has 1 aromatic carbocycles. The zero-order chi connectivity index (χ0) is 17.0. The average Bonchev–Trinajstić information content (AvgIpc) is 2.81. The molecule has 1 amide bonds. The van der Waals surface area contributed by atoms with Crippen molar-refractivity contribution in [2.24, 2.45) is 5.92 Å². The smallest absolute Gasteiger partial charge is 0.287 e. The minimum atomic E-state index is -0.162. The van der Waals surface area contributed by atoms with E-state index in [-0.39, 0.29) is 11.7 Å². The van der Waals surface area contributed by atoms with E-state index in [4.69, 9.17) is 4.42 Å². The third-order valence-corrected chi connectivity index (χ3v) is 3.98. The van der Waals surface area contributed by atoms with Gasteiger partial charge in [-0.25, -0.2) is 0 Å². The van der Waals surface area contributed by atoms with Crippen LogP contribution in [0, 0.1) is 12.8 Å². The van der Waals surface area contributed by atoms with Crippen LogP contribution in [0.1, 0.15) is 55.3 Å². The lowest BCUT2D eigenvalue weighted by atomic mass is 10.0. The summed E-state index contributed by atoms with van der Waals surface area (Å²) in [5.74, 6) is 0.951. The van der Waals surface area contributed by atoms with Crippen molar-refractivity contribution in [3.63, 3.8) is 0 Å². The van der Waals surface area contributed by atoms with Crippen LogP contribution in [-0.4, -0.2) is 18.2 Å². The second-order valence-electron chi connectivity index (χ2n) is 6.53. The first-order chi connectivity index (χ1) is 10.9. The Kier molecular flexibility index (Phi) is 5.59. The first kappa shape index (κ1) is 17.3. The van der Waals surface area contributed by atoms with Crippen LogP contribution < -0.4 is 5.32 Å². The van der Waals surface area contributed by atoms with Crippen molar-refractivity contribution >= 4 is 22.7 Å². The highest BCUT2D eigenvalue weighted by Crippen LogP contribution is 2.26. The topological polar surface area (TPSA) is 59.3 Å². The molecule has 0 aliphatic carbocycles.